The first-order valence-electron chi connectivity index (χ1n) is 12.5. The van der Waals surface area contributed by atoms with E-state index < -0.39 is 26.7 Å². The topological polar surface area (TPSA) is 116 Å². The van der Waals surface area contributed by atoms with Crippen molar-refractivity contribution in [1.82, 2.24) is 20.2 Å². The van der Waals surface area contributed by atoms with Gasteiger partial charge in [-0.25, -0.2) is 13.4 Å². The number of alkyl halides is 3. The summed E-state index contributed by atoms with van der Waals surface area (Å²) in [5.74, 6) is -0.351. The summed E-state index contributed by atoms with van der Waals surface area (Å²) in [4.78, 5) is 22.2. The molecule has 0 radical (unpaired) electrons. The Morgan fingerprint density at radius 2 is 1.80 bits per heavy atom. The van der Waals surface area contributed by atoms with Crippen molar-refractivity contribution < 1.29 is 31.1 Å². The Hall–Kier alpha value is -3.94. The minimum absolute atomic E-state index is 0.0281. The maximum atomic E-state index is 13.2. The predicted molar refractivity (Wildman–Crippen MR) is 143 cm³/mol. The van der Waals surface area contributed by atoms with E-state index in [2.05, 4.69) is 24.9 Å². The Morgan fingerprint density at radius 1 is 1.05 bits per heavy atom. The molecular weight excluding hydrogens is 547 g/mol. The molecule has 40 heavy (non-hydrogen) atoms. The summed E-state index contributed by atoms with van der Waals surface area (Å²) in [6, 6.07) is 14.0. The smallest absolute Gasteiger partial charge is 0.379 e. The SMILES string of the molecule is O=C(NCCN1CCOCC1)c1[nH]c2ncc(NS(=O)(=O)c3cccc(C(F)(F)F)c3)cc2c1-c1ccccc1. The van der Waals surface area contributed by atoms with E-state index >= 15 is 0 Å². The third-order valence-corrected chi connectivity index (χ3v) is 7.86. The van der Waals surface area contributed by atoms with Crippen LogP contribution in [0.2, 0.25) is 0 Å². The molecule has 1 fully saturated rings. The van der Waals surface area contributed by atoms with Gasteiger partial charge >= 0.3 is 6.18 Å². The number of nitrogens with one attached hydrogen (secondary N) is 3. The molecule has 1 saturated heterocycles. The van der Waals surface area contributed by atoms with Gasteiger partial charge in [-0.3, -0.25) is 14.4 Å². The summed E-state index contributed by atoms with van der Waals surface area (Å²) < 4.78 is 72.9. The second-order valence-corrected chi connectivity index (χ2v) is 10.9. The Bertz CT molecular complexity index is 1620. The average Bonchev–Trinajstić information content (AvgIpc) is 3.32. The fourth-order valence-corrected chi connectivity index (χ4v) is 5.58. The average molecular weight is 574 g/mol. The normalized spacial score (nSPS) is 14.8. The lowest BCUT2D eigenvalue weighted by Crippen LogP contribution is -2.41. The van der Waals surface area contributed by atoms with Crippen molar-refractivity contribution in [2.45, 2.75) is 11.1 Å². The lowest BCUT2D eigenvalue weighted by atomic mass is 10.0. The zero-order valence-corrected chi connectivity index (χ0v) is 22.0. The molecule has 0 saturated carbocycles. The van der Waals surface area contributed by atoms with Gasteiger partial charge in [-0.2, -0.15) is 13.2 Å². The van der Waals surface area contributed by atoms with Gasteiger partial charge in [0.25, 0.3) is 15.9 Å². The van der Waals surface area contributed by atoms with E-state index in [4.69, 9.17) is 4.74 Å². The monoisotopic (exact) mass is 573 g/mol. The molecule has 1 aliphatic rings. The zero-order valence-electron chi connectivity index (χ0n) is 21.2. The summed E-state index contributed by atoms with van der Waals surface area (Å²) >= 11 is 0. The lowest BCUT2D eigenvalue weighted by molar-refractivity contribution is -0.137. The fraction of sp³-hybridized carbons (Fsp3) is 0.259. The van der Waals surface area contributed by atoms with Crippen molar-refractivity contribution in [3.05, 3.63) is 78.1 Å². The maximum absolute atomic E-state index is 13.2. The van der Waals surface area contributed by atoms with Crippen molar-refractivity contribution in [1.29, 1.82) is 0 Å². The number of fused-ring (bicyclic) bond motifs is 1. The van der Waals surface area contributed by atoms with Gasteiger partial charge in [-0.15, -0.1) is 0 Å². The number of rotatable bonds is 8. The van der Waals surface area contributed by atoms with Gasteiger partial charge in [0.2, 0.25) is 0 Å². The Balaban J connectivity index is 1.45. The van der Waals surface area contributed by atoms with Crippen LogP contribution in [-0.2, 0) is 20.9 Å². The summed E-state index contributed by atoms with van der Waals surface area (Å²) in [5, 5.41) is 3.39. The van der Waals surface area contributed by atoms with E-state index in [-0.39, 0.29) is 17.3 Å². The van der Waals surface area contributed by atoms with E-state index in [0.717, 1.165) is 31.3 Å². The fourth-order valence-electron chi connectivity index (χ4n) is 4.50. The number of pyridine rings is 1. The number of benzene rings is 2. The van der Waals surface area contributed by atoms with Crippen LogP contribution in [0, 0.1) is 0 Å². The van der Waals surface area contributed by atoms with Gasteiger partial charge in [-0.05, 0) is 29.8 Å². The van der Waals surface area contributed by atoms with Crippen molar-refractivity contribution in [2.24, 2.45) is 0 Å². The number of hydrogen-bond acceptors (Lipinski definition) is 6. The Morgan fingerprint density at radius 3 is 2.52 bits per heavy atom. The number of aromatic amines is 1. The third-order valence-electron chi connectivity index (χ3n) is 6.48. The highest BCUT2D eigenvalue weighted by Gasteiger charge is 2.32. The number of anilines is 1. The molecule has 5 rings (SSSR count). The molecule has 1 aliphatic heterocycles. The molecule has 0 atom stereocenters. The standard InChI is InChI=1S/C27H26F3N5O4S/c28-27(29,30)19-7-4-8-21(15-19)40(37,38)34-20-16-22-23(18-5-2-1-3-6-18)24(33-25(22)32-17-20)26(36)31-9-10-35-11-13-39-14-12-35/h1-8,15-17,34H,9-14H2,(H,31,36)(H,32,33). The van der Waals surface area contributed by atoms with Crippen LogP contribution in [0.15, 0.2) is 71.8 Å². The minimum Gasteiger partial charge on any atom is -0.379 e. The molecule has 0 bridgehead atoms. The van der Waals surface area contributed by atoms with Crippen LogP contribution in [-0.4, -0.2) is 68.6 Å². The van der Waals surface area contributed by atoms with Crippen LogP contribution in [0.3, 0.4) is 0 Å². The number of hydrogen-bond donors (Lipinski definition) is 3. The second kappa shape index (κ2) is 11.3. The largest absolute Gasteiger partial charge is 0.416 e. The molecular formula is C27H26F3N5O4S. The Labute approximate surface area is 228 Å². The second-order valence-electron chi connectivity index (χ2n) is 9.20. The van der Waals surface area contributed by atoms with Crippen LogP contribution >= 0.6 is 0 Å². The number of morpholine rings is 1. The van der Waals surface area contributed by atoms with Gasteiger partial charge in [0, 0.05) is 37.1 Å². The van der Waals surface area contributed by atoms with E-state index in [0.29, 0.717) is 54.5 Å². The van der Waals surface area contributed by atoms with Gasteiger partial charge in [0.1, 0.15) is 11.3 Å². The molecule has 4 aromatic rings. The van der Waals surface area contributed by atoms with Gasteiger partial charge in [0.15, 0.2) is 0 Å². The first-order valence-corrected chi connectivity index (χ1v) is 14.0. The van der Waals surface area contributed by atoms with Crippen LogP contribution in [0.4, 0.5) is 18.9 Å². The Kier molecular flexibility index (Phi) is 7.79. The van der Waals surface area contributed by atoms with E-state index in [1.165, 1.54) is 12.3 Å². The number of halogens is 3. The van der Waals surface area contributed by atoms with Crippen LogP contribution in [0.5, 0.6) is 0 Å². The van der Waals surface area contributed by atoms with Crippen molar-refractivity contribution in [3.8, 4) is 11.1 Å². The highest BCUT2D eigenvalue weighted by Crippen LogP contribution is 2.34. The third kappa shape index (κ3) is 6.11. The van der Waals surface area contributed by atoms with Crippen LogP contribution < -0.4 is 10.0 Å². The molecule has 3 N–H and O–H groups in total. The molecule has 9 nitrogen and oxygen atoms in total. The van der Waals surface area contributed by atoms with Crippen LogP contribution in [0.1, 0.15) is 16.1 Å². The molecule has 0 spiro atoms. The molecule has 3 heterocycles. The molecule has 0 aliphatic carbocycles. The lowest BCUT2D eigenvalue weighted by Gasteiger charge is -2.26. The first kappa shape index (κ1) is 27.6. The van der Waals surface area contributed by atoms with Crippen molar-refractivity contribution in [2.75, 3.05) is 44.1 Å². The van der Waals surface area contributed by atoms with E-state index in [9.17, 15) is 26.4 Å². The maximum Gasteiger partial charge on any atom is 0.416 e. The summed E-state index contributed by atoms with van der Waals surface area (Å²) in [6.07, 6.45) is -3.46. The number of H-pyrrole nitrogens is 1. The predicted octanol–water partition coefficient (Wildman–Crippen LogP) is 4.11. The summed E-state index contributed by atoms with van der Waals surface area (Å²) in [7, 11) is -4.37. The number of sulfonamides is 1. The summed E-state index contributed by atoms with van der Waals surface area (Å²) in [6.45, 7) is 3.97. The summed E-state index contributed by atoms with van der Waals surface area (Å²) in [5.41, 5.74) is 0.775. The van der Waals surface area contributed by atoms with E-state index in [1.807, 2.05) is 30.3 Å². The number of carbonyl (C=O) groups excluding carboxylic acids is 1. The van der Waals surface area contributed by atoms with Crippen LogP contribution in [0.25, 0.3) is 22.2 Å². The number of amides is 1. The number of nitrogens with zero attached hydrogens (tertiary/aromatic N) is 2. The zero-order chi connectivity index (χ0) is 28.3. The molecule has 13 heteroatoms. The van der Waals surface area contributed by atoms with E-state index in [1.54, 1.807) is 0 Å². The van der Waals surface area contributed by atoms with Crippen molar-refractivity contribution >= 4 is 32.7 Å². The van der Waals surface area contributed by atoms with Crippen molar-refractivity contribution in [3.63, 3.8) is 0 Å². The van der Waals surface area contributed by atoms with Gasteiger partial charge < -0.3 is 15.0 Å². The highest BCUT2D eigenvalue weighted by atomic mass is 32.2. The molecule has 0 unspecified atom stereocenters. The van der Waals surface area contributed by atoms with Gasteiger partial charge in [-0.1, -0.05) is 36.4 Å². The first-order chi connectivity index (χ1) is 19.1. The number of aromatic nitrogens is 2. The molecule has 2 aromatic heterocycles. The highest BCUT2D eigenvalue weighted by molar-refractivity contribution is 7.92. The van der Waals surface area contributed by atoms with Gasteiger partial charge in [0.05, 0.1) is 35.6 Å². The molecule has 210 valence electrons. The number of ether oxygens (including phenoxy) is 1. The minimum atomic E-state index is -4.69. The molecule has 1 amide bonds. The number of carbonyl (C=O) groups is 1. The molecule has 2 aromatic carbocycles. The quantitative estimate of drug-likeness (QED) is 0.292.